The van der Waals surface area contributed by atoms with Crippen molar-refractivity contribution in [1.82, 2.24) is 0 Å². The van der Waals surface area contributed by atoms with E-state index >= 15 is 0 Å². The van der Waals surface area contributed by atoms with Gasteiger partial charge in [0.1, 0.15) is 0 Å². The van der Waals surface area contributed by atoms with E-state index in [-0.39, 0.29) is 5.92 Å². The second kappa shape index (κ2) is 5.54. The van der Waals surface area contributed by atoms with E-state index in [9.17, 15) is 13.2 Å². The summed E-state index contributed by atoms with van der Waals surface area (Å²) in [5.74, 6) is 1.32. The fourth-order valence-electron chi connectivity index (χ4n) is 3.99. The van der Waals surface area contributed by atoms with E-state index in [1.54, 1.807) is 6.07 Å². The van der Waals surface area contributed by atoms with Crippen LogP contribution in [0.25, 0.3) is 0 Å². The molecule has 2 aliphatic rings. The SMILES string of the molecule is CC(C1CCCCC1)C1CNc2ccc(C(F)(F)F)cc21. The molecule has 2 unspecified atom stereocenters. The lowest BCUT2D eigenvalue weighted by atomic mass is 9.73. The average molecular weight is 297 g/mol. The molecule has 0 radical (unpaired) electrons. The molecule has 1 aromatic rings. The average Bonchev–Trinajstić information content (AvgIpc) is 2.89. The van der Waals surface area contributed by atoms with Crippen molar-refractivity contribution in [3.8, 4) is 0 Å². The van der Waals surface area contributed by atoms with Gasteiger partial charge in [-0.15, -0.1) is 0 Å². The summed E-state index contributed by atoms with van der Waals surface area (Å²) in [7, 11) is 0. The molecule has 0 spiro atoms. The van der Waals surface area contributed by atoms with Crippen LogP contribution in [0.15, 0.2) is 18.2 Å². The van der Waals surface area contributed by atoms with Crippen LogP contribution in [-0.4, -0.2) is 6.54 Å². The van der Waals surface area contributed by atoms with Crippen LogP contribution in [0.3, 0.4) is 0 Å². The number of anilines is 1. The predicted molar refractivity (Wildman–Crippen MR) is 78.4 cm³/mol. The quantitative estimate of drug-likeness (QED) is 0.767. The van der Waals surface area contributed by atoms with Crippen LogP contribution in [0.2, 0.25) is 0 Å². The minimum absolute atomic E-state index is 0.213. The molecule has 1 aliphatic carbocycles. The second-order valence-electron chi connectivity index (χ2n) is 6.54. The minimum Gasteiger partial charge on any atom is -0.384 e. The second-order valence-corrected chi connectivity index (χ2v) is 6.54. The zero-order valence-electron chi connectivity index (χ0n) is 12.3. The van der Waals surface area contributed by atoms with Gasteiger partial charge >= 0.3 is 6.18 Å². The monoisotopic (exact) mass is 297 g/mol. The summed E-state index contributed by atoms with van der Waals surface area (Å²) in [5.41, 5.74) is 1.23. The van der Waals surface area contributed by atoms with E-state index < -0.39 is 11.7 Å². The molecule has 0 amide bonds. The first kappa shape index (κ1) is 14.7. The molecule has 4 heteroatoms. The van der Waals surface area contributed by atoms with Crippen molar-refractivity contribution in [3.63, 3.8) is 0 Å². The number of halogens is 3. The first-order valence-corrected chi connectivity index (χ1v) is 7.92. The molecule has 2 atom stereocenters. The topological polar surface area (TPSA) is 12.0 Å². The van der Waals surface area contributed by atoms with Crippen molar-refractivity contribution in [2.24, 2.45) is 11.8 Å². The highest BCUT2D eigenvalue weighted by Crippen LogP contribution is 2.44. The molecule has 1 N–H and O–H groups in total. The Labute approximate surface area is 123 Å². The molecule has 1 aliphatic heterocycles. The molecule has 1 nitrogen and oxygen atoms in total. The van der Waals surface area contributed by atoms with Crippen molar-refractivity contribution in [1.29, 1.82) is 0 Å². The van der Waals surface area contributed by atoms with Gasteiger partial charge in [0.2, 0.25) is 0 Å². The van der Waals surface area contributed by atoms with Crippen molar-refractivity contribution < 1.29 is 13.2 Å². The zero-order chi connectivity index (χ0) is 15.0. The van der Waals surface area contributed by atoms with Gasteiger partial charge in [0.25, 0.3) is 0 Å². The third-order valence-corrected chi connectivity index (χ3v) is 5.32. The maximum atomic E-state index is 12.9. The lowest BCUT2D eigenvalue weighted by Crippen LogP contribution is -2.23. The predicted octanol–water partition coefficient (Wildman–Crippen LogP) is 5.43. The largest absolute Gasteiger partial charge is 0.416 e. The summed E-state index contributed by atoms with van der Waals surface area (Å²) in [4.78, 5) is 0. The smallest absolute Gasteiger partial charge is 0.384 e. The molecular weight excluding hydrogens is 275 g/mol. The van der Waals surface area contributed by atoms with Crippen LogP contribution < -0.4 is 5.32 Å². The highest BCUT2D eigenvalue weighted by atomic mass is 19.4. The highest BCUT2D eigenvalue weighted by molar-refractivity contribution is 5.59. The summed E-state index contributed by atoms with van der Waals surface area (Å²) in [6, 6.07) is 4.13. The number of fused-ring (bicyclic) bond motifs is 1. The molecule has 1 heterocycles. The third-order valence-electron chi connectivity index (χ3n) is 5.32. The summed E-state index contributed by atoms with van der Waals surface area (Å²) in [6.07, 6.45) is 2.05. The Bertz CT molecular complexity index is 503. The fourth-order valence-corrected chi connectivity index (χ4v) is 3.99. The molecule has 1 fully saturated rings. The number of rotatable bonds is 2. The molecule has 0 saturated heterocycles. The molecule has 3 rings (SSSR count). The molecule has 0 bridgehead atoms. The Kier molecular flexibility index (Phi) is 3.89. The van der Waals surface area contributed by atoms with Gasteiger partial charge in [-0.3, -0.25) is 0 Å². The number of hydrogen-bond donors (Lipinski definition) is 1. The molecule has 1 saturated carbocycles. The van der Waals surface area contributed by atoms with Gasteiger partial charge < -0.3 is 5.32 Å². The summed E-state index contributed by atoms with van der Waals surface area (Å²) < 4.78 is 38.8. The highest BCUT2D eigenvalue weighted by Gasteiger charge is 2.36. The standard InChI is InChI=1S/C17H22F3N/c1-11(12-5-3-2-4-6-12)15-10-21-16-8-7-13(9-14(15)16)17(18,19)20/h7-9,11-12,15,21H,2-6,10H2,1H3. The van der Waals surface area contributed by atoms with Crippen molar-refractivity contribution in [2.75, 3.05) is 11.9 Å². The zero-order valence-corrected chi connectivity index (χ0v) is 12.3. The number of alkyl halides is 3. The molecular formula is C17H22F3N. The van der Waals surface area contributed by atoms with Crippen LogP contribution in [0, 0.1) is 11.8 Å². The van der Waals surface area contributed by atoms with Crippen LogP contribution >= 0.6 is 0 Å². The molecule has 21 heavy (non-hydrogen) atoms. The Hall–Kier alpha value is -1.19. The van der Waals surface area contributed by atoms with E-state index in [1.165, 1.54) is 44.2 Å². The Balaban J connectivity index is 1.84. The fraction of sp³-hybridized carbons (Fsp3) is 0.647. The Morgan fingerprint density at radius 3 is 2.52 bits per heavy atom. The molecule has 1 aromatic carbocycles. The van der Waals surface area contributed by atoms with Gasteiger partial charge in [-0.25, -0.2) is 0 Å². The maximum Gasteiger partial charge on any atom is 0.416 e. The third kappa shape index (κ3) is 2.90. The first-order valence-electron chi connectivity index (χ1n) is 7.92. The van der Waals surface area contributed by atoms with Gasteiger partial charge in [0.15, 0.2) is 0 Å². The summed E-state index contributed by atoms with van der Waals surface area (Å²) in [5, 5.41) is 3.28. The van der Waals surface area contributed by atoms with E-state index in [0.717, 1.165) is 17.8 Å². The lowest BCUT2D eigenvalue weighted by molar-refractivity contribution is -0.137. The van der Waals surface area contributed by atoms with Crippen molar-refractivity contribution in [3.05, 3.63) is 29.3 Å². The first-order chi connectivity index (χ1) is 9.97. The molecule has 0 aromatic heterocycles. The summed E-state index contributed by atoms with van der Waals surface area (Å²) >= 11 is 0. The van der Waals surface area contributed by atoms with Crippen LogP contribution in [0.1, 0.15) is 56.1 Å². The van der Waals surface area contributed by atoms with Crippen LogP contribution in [0.5, 0.6) is 0 Å². The Morgan fingerprint density at radius 1 is 1.14 bits per heavy atom. The van der Waals surface area contributed by atoms with Gasteiger partial charge in [-0.05, 0) is 35.6 Å². The normalized spacial score (nSPS) is 24.5. The Morgan fingerprint density at radius 2 is 1.86 bits per heavy atom. The van der Waals surface area contributed by atoms with E-state index in [0.29, 0.717) is 11.8 Å². The summed E-state index contributed by atoms with van der Waals surface area (Å²) in [6.45, 7) is 2.99. The number of hydrogen-bond acceptors (Lipinski definition) is 1. The molecule has 116 valence electrons. The van der Waals surface area contributed by atoms with Crippen LogP contribution in [0.4, 0.5) is 18.9 Å². The number of benzene rings is 1. The van der Waals surface area contributed by atoms with E-state index in [1.807, 2.05) is 0 Å². The van der Waals surface area contributed by atoms with Gasteiger partial charge in [0, 0.05) is 18.2 Å². The van der Waals surface area contributed by atoms with Crippen LogP contribution in [-0.2, 0) is 6.18 Å². The lowest BCUT2D eigenvalue weighted by Gasteiger charge is -2.31. The minimum atomic E-state index is -4.25. The van der Waals surface area contributed by atoms with Crippen molar-refractivity contribution in [2.45, 2.75) is 51.1 Å². The van der Waals surface area contributed by atoms with E-state index in [4.69, 9.17) is 0 Å². The van der Waals surface area contributed by atoms with Gasteiger partial charge in [0.05, 0.1) is 5.56 Å². The maximum absolute atomic E-state index is 12.9. The van der Waals surface area contributed by atoms with Gasteiger partial charge in [-0.1, -0.05) is 39.0 Å². The van der Waals surface area contributed by atoms with Crippen molar-refractivity contribution >= 4 is 5.69 Å². The van der Waals surface area contributed by atoms with Gasteiger partial charge in [-0.2, -0.15) is 13.2 Å². The van der Waals surface area contributed by atoms with E-state index in [2.05, 4.69) is 12.2 Å². The number of nitrogens with one attached hydrogen (secondary N) is 1.